The number of carbonyl (C=O) groups excluding carboxylic acids is 1. The van der Waals surface area contributed by atoms with Gasteiger partial charge in [0.1, 0.15) is 4.88 Å². The molecule has 0 bridgehead atoms. The minimum Gasteiger partial charge on any atom is -0.376 e. The van der Waals surface area contributed by atoms with Gasteiger partial charge >= 0.3 is 0 Å². The molecule has 0 spiro atoms. The van der Waals surface area contributed by atoms with Crippen molar-refractivity contribution in [3.63, 3.8) is 0 Å². The van der Waals surface area contributed by atoms with Gasteiger partial charge in [0.2, 0.25) is 0 Å². The van der Waals surface area contributed by atoms with Crippen LogP contribution in [-0.4, -0.2) is 28.4 Å². The molecule has 0 unspecified atom stereocenters. The molecule has 22 heavy (non-hydrogen) atoms. The minimum absolute atomic E-state index is 0.0948. The van der Waals surface area contributed by atoms with Gasteiger partial charge in [-0.1, -0.05) is 17.7 Å². The summed E-state index contributed by atoms with van der Waals surface area (Å²) in [6.07, 6.45) is 0. The van der Waals surface area contributed by atoms with Gasteiger partial charge in [-0.3, -0.25) is 10.2 Å². The number of hydrogen-bond donors (Lipinski definition) is 2. The van der Waals surface area contributed by atoms with Crippen LogP contribution in [0.25, 0.3) is 0 Å². The summed E-state index contributed by atoms with van der Waals surface area (Å²) in [6, 6.07) is 8.16. The normalized spacial score (nSPS) is 11.2. The van der Waals surface area contributed by atoms with Crippen LogP contribution in [0, 0.1) is 6.92 Å². The zero-order chi connectivity index (χ0) is 16.3. The summed E-state index contributed by atoms with van der Waals surface area (Å²) in [5.41, 5.74) is 3.93. The summed E-state index contributed by atoms with van der Waals surface area (Å²) < 4.78 is 24.2. The molecule has 6 nitrogen and oxygen atoms in total. The summed E-state index contributed by atoms with van der Waals surface area (Å²) >= 11 is 1.25. The molecule has 2 rings (SSSR count). The van der Waals surface area contributed by atoms with Crippen molar-refractivity contribution in [3.05, 3.63) is 46.2 Å². The van der Waals surface area contributed by atoms with E-state index in [0.29, 0.717) is 4.88 Å². The molecule has 2 aromatic rings. The lowest BCUT2D eigenvalue weighted by atomic mass is 10.2. The molecule has 0 saturated carbocycles. The SMILES string of the molecule is Cc1ccc(S(=O)(=O)NNC(=O)c2sccc2N(C)C)cc1. The Morgan fingerprint density at radius 3 is 2.36 bits per heavy atom. The Bertz CT molecular complexity index is 765. The molecule has 8 heteroatoms. The predicted molar refractivity (Wildman–Crippen MR) is 87.6 cm³/mol. The number of hydrogen-bond acceptors (Lipinski definition) is 5. The average Bonchev–Trinajstić information content (AvgIpc) is 2.95. The molecule has 118 valence electrons. The van der Waals surface area contributed by atoms with Crippen molar-refractivity contribution >= 4 is 33.0 Å². The first kappa shape index (κ1) is 16.5. The summed E-state index contributed by atoms with van der Waals surface area (Å²) in [5.74, 6) is -0.491. The van der Waals surface area contributed by atoms with E-state index in [1.54, 1.807) is 28.5 Å². The number of benzene rings is 1. The third kappa shape index (κ3) is 3.65. The molecule has 0 aliphatic carbocycles. The highest BCUT2D eigenvalue weighted by molar-refractivity contribution is 7.89. The van der Waals surface area contributed by atoms with Gasteiger partial charge in [-0.05, 0) is 30.5 Å². The second-order valence-corrected chi connectivity index (χ2v) is 7.50. The van der Waals surface area contributed by atoms with E-state index in [1.807, 2.05) is 21.0 Å². The standard InChI is InChI=1S/C14H17N3O3S2/c1-10-4-6-11(7-5-10)22(19,20)16-15-14(18)13-12(17(2)3)8-9-21-13/h4-9,16H,1-3H3,(H,15,18). The molecule has 0 fully saturated rings. The molecule has 1 heterocycles. The first-order valence-corrected chi connectivity index (χ1v) is 8.81. The van der Waals surface area contributed by atoms with E-state index in [-0.39, 0.29) is 4.90 Å². The number of anilines is 1. The Labute approximate surface area is 133 Å². The molecule has 1 amide bonds. The van der Waals surface area contributed by atoms with Crippen molar-refractivity contribution in [1.29, 1.82) is 0 Å². The van der Waals surface area contributed by atoms with Gasteiger partial charge in [-0.25, -0.2) is 8.42 Å². The van der Waals surface area contributed by atoms with Gasteiger partial charge in [-0.2, -0.15) is 0 Å². The molecular formula is C14H17N3O3S2. The molecular weight excluding hydrogens is 322 g/mol. The predicted octanol–water partition coefficient (Wildman–Crippen LogP) is 1.75. The van der Waals surface area contributed by atoms with Crippen molar-refractivity contribution in [2.24, 2.45) is 0 Å². The highest BCUT2D eigenvalue weighted by Gasteiger charge is 2.18. The topological polar surface area (TPSA) is 78.5 Å². The summed E-state index contributed by atoms with van der Waals surface area (Å²) in [7, 11) is -0.158. The number of rotatable bonds is 5. The van der Waals surface area contributed by atoms with Crippen LogP contribution in [0.15, 0.2) is 40.6 Å². The van der Waals surface area contributed by atoms with Crippen LogP contribution < -0.4 is 15.2 Å². The van der Waals surface area contributed by atoms with Crippen molar-refractivity contribution in [2.75, 3.05) is 19.0 Å². The summed E-state index contributed by atoms with van der Waals surface area (Å²) in [4.78, 5) is 16.5. The summed E-state index contributed by atoms with van der Waals surface area (Å²) in [6.45, 7) is 1.87. The molecule has 0 aliphatic rings. The number of carbonyl (C=O) groups is 1. The van der Waals surface area contributed by atoms with E-state index in [2.05, 4.69) is 10.3 Å². The zero-order valence-corrected chi connectivity index (χ0v) is 14.1. The fourth-order valence-corrected chi connectivity index (χ4v) is 3.47. The fourth-order valence-electron chi connectivity index (χ4n) is 1.77. The van der Waals surface area contributed by atoms with Crippen LogP contribution in [-0.2, 0) is 10.0 Å². The first-order valence-electron chi connectivity index (χ1n) is 6.45. The Morgan fingerprint density at radius 1 is 1.14 bits per heavy atom. The lowest BCUT2D eigenvalue weighted by Crippen LogP contribution is -2.41. The van der Waals surface area contributed by atoms with Gasteiger partial charge in [0.15, 0.2) is 0 Å². The number of thiophene rings is 1. The smallest absolute Gasteiger partial charge is 0.278 e. The molecule has 1 aromatic carbocycles. The van der Waals surface area contributed by atoms with E-state index in [1.165, 1.54) is 23.5 Å². The molecule has 0 saturated heterocycles. The summed E-state index contributed by atoms with van der Waals surface area (Å²) in [5, 5.41) is 1.78. The largest absolute Gasteiger partial charge is 0.376 e. The lowest BCUT2D eigenvalue weighted by Gasteiger charge is -2.13. The average molecular weight is 339 g/mol. The third-order valence-corrected chi connectivity index (χ3v) is 5.13. The van der Waals surface area contributed by atoms with E-state index < -0.39 is 15.9 Å². The number of aryl methyl sites for hydroxylation is 1. The maximum atomic E-state index is 12.1. The van der Waals surface area contributed by atoms with Crippen LogP contribution in [0.5, 0.6) is 0 Å². The van der Waals surface area contributed by atoms with Crippen LogP contribution in [0.1, 0.15) is 15.2 Å². The number of nitrogens with zero attached hydrogens (tertiary/aromatic N) is 1. The van der Waals surface area contributed by atoms with E-state index in [0.717, 1.165) is 11.3 Å². The molecule has 2 N–H and O–H groups in total. The van der Waals surface area contributed by atoms with Crippen LogP contribution >= 0.6 is 11.3 Å². The van der Waals surface area contributed by atoms with Crippen molar-refractivity contribution in [2.45, 2.75) is 11.8 Å². The Morgan fingerprint density at radius 2 is 1.77 bits per heavy atom. The fraction of sp³-hybridized carbons (Fsp3) is 0.214. The second-order valence-electron chi connectivity index (χ2n) is 4.90. The van der Waals surface area contributed by atoms with Crippen molar-refractivity contribution in [1.82, 2.24) is 10.3 Å². The number of nitrogens with one attached hydrogen (secondary N) is 2. The monoisotopic (exact) mass is 339 g/mol. The maximum Gasteiger partial charge on any atom is 0.278 e. The number of hydrazine groups is 1. The highest BCUT2D eigenvalue weighted by Crippen LogP contribution is 2.24. The number of amides is 1. The van der Waals surface area contributed by atoms with E-state index in [9.17, 15) is 13.2 Å². The van der Waals surface area contributed by atoms with E-state index in [4.69, 9.17) is 0 Å². The Balaban J connectivity index is 2.10. The Hall–Kier alpha value is -1.90. The third-order valence-electron chi connectivity index (χ3n) is 2.96. The quantitative estimate of drug-likeness (QED) is 0.814. The van der Waals surface area contributed by atoms with Gasteiger partial charge in [-0.15, -0.1) is 16.2 Å². The van der Waals surface area contributed by atoms with Crippen LogP contribution in [0.3, 0.4) is 0 Å². The molecule has 0 aliphatic heterocycles. The molecule has 1 aromatic heterocycles. The lowest BCUT2D eigenvalue weighted by molar-refractivity contribution is 0.0949. The second kappa shape index (κ2) is 6.47. The number of sulfonamides is 1. The van der Waals surface area contributed by atoms with Crippen LogP contribution in [0.4, 0.5) is 5.69 Å². The minimum atomic E-state index is -3.79. The van der Waals surface area contributed by atoms with Crippen molar-refractivity contribution in [3.8, 4) is 0 Å². The van der Waals surface area contributed by atoms with E-state index >= 15 is 0 Å². The molecule has 0 atom stereocenters. The van der Waals surface area contributed by atoms with Crippen LogP contribution in [0.2, 0.25) is 0 Å². The van der Waals surface area contributed by atoms with Crippen molar-refractivity contribution < 1.29 is 13.2 Å². The van der Waals surface area contributed by atoms with Gasteiger partial charge in [0.25, 0.3) is 15.9 Å². The maximum absolute atomic E-state index is 12.1. The van der Waals surface area contributed by atoms with Gasteiger partial charge in [0.05, 0.1) is 10.6 Å². The first-order chi connectivity index (χ1) is 10.3. The molecule has 0 radical (unpaired) electrons. The zero-order valence-electron chi connectivity index (χ0n) is 12.5. The van der Waals surface area contributed by atoms with Gasteiger partial charge in [0, 0.05) is 14.1 Å². The highest BCUT2D eigenvalue weighted by atomic mass is 32.2. The Kier molecular flexibility index (Phi) is 4.84. The van der Waals surface area contributed by atoms with Gasteiger partial charge < -0.3 is 4.90 Å².